The van der Waals surface area contributed by atoms with Crippen molar-refractivity contribution in [3.05, 3.63) is 15.3 Å². The molecule has 0 saturated carbocycles. The third-order valence-electron chi connectivity index (χ3n) is 1.57. The number of methoxy groups -OCH3 is 2. The first kappa shape index (κ1) is 11.4. The van der Waals surface area contributed by atoms with E-state index in [9.17, 15) is 8.78 Å². The maximum atomic E-state index is 12.5. The summed E-state index contributed by atoms with van der Waals surface area (Å²) in [6, 6.07) is 1.27. The van der Waals surface area contributed by atoms with E-state index < -0.39 is 6.43 Å². The van der Waals surface area contributed by atoms with E-state index in [1.807, 2.05) is 22.6 Å². The molecule has 1 aromatic rings. The number of pyridine rings is 1. The van der Waals surface area contributed by atoms with Gasteiger partial charge in [-0.1, -0.05) is 0 Å². The first-order valence-corrected chi connectivity index (χ1v) is 4.74. The SMILES string of the molecule is COc1nc(I)cc(C(F)F)c1OC. The van der Waals surface area contributed by atoms with Crippen LogP contribution in [0.1, 0.15) is 12.0 Å². The van der Waals surface area contributed by atoms with E-state index in [1.54, 1.807) is 0 Å². The quantitative estimate of drug-likeness (QED) is 0.635. The lowest BCUT2D eigenvalue weighted by molar-refractivity contribution is 0.145. The zero-order chi connectivity index (χ0) is 10.7. The highest BCUT2D eigenvalue weighted by molar-refractivity contribution is 14.1. The molecule has 0 amide bonds. The van der Waals surface area contributed by atoms with Crippen LogP contribution in [0.4, 0.5) is 8.78 Å². The summed E-state index contributed by atoms with van der Waals surface area (Å²) in [7, 11) is 2.66. The van der Waals surface area contributed by atoms with Gasteiger partial charge in [-0.05, 0) is 28.7 Å². The zero-order valence-corrected chi connectivity index (χ0v) is 9.71. The summed E-state index contributed by atoms with van der Waals surface area (Å²) in [5.74, 6) is 0.0672. The predicted octanol–water partition coefficient (Wildman–Crippen LogP) is 2.64. The van der Waals surface area contributed by atoms with Gasteiger partial charge >= 0.3 is 0 Å². The average Bonchev–Trinajstić information content (AvgIpc) is 2.16. The van der Waals surface area contributed by atoms with Gasteiger partial charge in [0, 0.05) is 0 Å². The van der Waals surface area contributed by atoms with Crippen LogP contribution < -0.4 is 9.47 Å². The van der Waals surface area contributed by atoms with Crippen molar-refractivity contribution in [2.24, 2.45) is 0 Å². The Kier molecular flexibility index (Phi) is 3.85. The van der Waals surface area contributed by atoms with Gasteiger partial charge in [0.2, 0.25) is 0 Å². The average molecular weight is 315 g/mol. The third-order valence-corrected chi connectivity index (χ3v) is 2.12. The van der Waals surface area contributed by atoms with E-state index in [0.717, 1.165) is 0 Å². The monoisotopic (exact) mass is 315 g/mol. The van der Waals surface area contributed by atoms with E-state index in [-0.39, 0.29) is 17.2 Å². The first-order chi connectivity index (χ1) is 6.60. The highest BCUT2D eigenvalue weighted by atomic mass is 127. The molecule has 0 atom stereocenters. The number of aromatic nitrogens is 1. The van der Waals surface area contributed by atoms with Crippen LogP contribution in [0.5, 0.6) is 11.6 Å². The molecular formula is C8H8F2INO2. The second-order valence-corrected chi connectivity index (χ2v) is 3.48. The van der Waals surface area contributed by atoms with E-state index >= 15 is 0 Å². The molecular weight excluding hydrogens is 307 g/mol. The summed E-state index contributed by atoms with van der Waals surface area (Å²) in [6.45, 7) is 0. The lowest BCUT2D eigenvalue weighted by atomic mass is 10.2. The fraction of sp³-hybridized carbons (Fsp3) is 0.375. The van der Waals surface area contributed by atoms with Crippen molar-refractivity contribution in [3.8, 4) is 11.6 Å². The fourth-order valence-electron chi connectivity index (χ4n) is 1.00. The van der Waals surface area contributed by atoms with Gasteiger partial charge in [0.15, 0.2) is 5.75 Å². The van der Waals surface area contributed by atoms with Crippen LogP contribution in [0.25, 0.3) is 0 Å². The number of rotatable bonds is 3. The molecule has 0 fully saturated rings. The number of nitrogens with zero attached hydrogens (tertiary/aromatic N) is 1. The molecule has 0 unspecified atom stereocenters. The normalized spacial score (nSPS) is 10.4. The summed E-state index contributed by atoms with van der Waals surface area (Å²) in [5, 5.41) is 0. The van der Waals surface area contributed by atoms with Crippen molar-refractivity contribution >= 4 is 22.6 Å². The number of hydrogen-bond acceptors (Lipinski definition) is 3. The summed E-state index contributed by atoms with van der Waals surface area (Å²) in [6.07, 6.45) is -2.60. The van der Waals surface area contributed by atoms with E-state index in [4.69, 9.17) is 9.47 Å². The van der Waals surface area contributed by atoms with Gasteiger partial charge in [-0.3, -0.25) is 0 Å². The Balaban J connectivity index is 3.31. The summed E-state index contributed by atoms with van der Waals surface area (Å²) < 4.78 is 35.2. The van der Waals surface area contributed by atoms with Crippen LogP contribution in [-0.2, 0) is 0 Å². The predicted molar refractivity (Wildman–Crippen MR) is 55.0 cm³/mol. The van der Waals surface area contributed by atoms with Crippen LogP contribution in [0.2, 0.25) is 0 Å². The number of alkyl halides is 2. The van der Waals surface area contributed by atoms with Crippen LogP contribution in [-0.4, -0.2) is 19.2 Å². The van der Waals surface area contributed by atoms with Gasteiger partial charge in [0.1, 0.15) is 3.70 Å². The second-order valence-electron chi connectivity index (χ2n) is 2.38. The largest absolute Gasteiger partial charge is 0.491 e. The molecule has 1 heterocycles. The molecule has 3 nitrogen and oxygen atoms in total. The Hall–Kier alpha value is -0.660. The molecule has 0 N–H and O–H groups in total. The molecule has 0 aromatic carbocycles. The van der Waals surface area contributed by atoms with Crippen LogP contribution in [0.15, 0.2) is 6.07 Å². The molecule has 0 radical (unpaired) electrons. The minimum atomic E-state index is -2.60. The summed E-state index contributed by atoms with van der Waals surface area (Å²) >= 11 is 1.84. The zero-order valence-electron chi connectivity index (χ0n) is 7.55. The van der Waals surface area contributed by atoms with E-state index in [2.05, 4.69) is 4.98 Å². The molecule has 1 rings (SSSR count). The van der Waals surface area contributed by atoms with Crippen molar-refractivity contribution in [2.45, 2.75) is 6.43 Å². The van der Waals surface area contributed by atoms with Crippen molar-refractivity contribution in [1.82, 2.24) is 4.98 Å². The Labute approximate surface area is 93.6 Å². The smallest absolute Gasteiger partial charge is 0.267 e. The topological polar surface area (TPSA) is 31.4 Å². The molecule has 0 aliphatic carbocycles. The molecule has 0 aliphatic rings. The second kappa shape index (κ2) is 4.72. The number of ether oxygens (including phenoxy) is 2. The third kappa shape index (κ3) is 2.23. The lowest BCUT2D eigenvalue weighted by Gasteiger charge is -2.11. The Morgan fingerprint density at radius 1 is 1.36 bits per heavy atom. The van der Waals surface area contributed by atoms with E-state index in [0.29, 0.717) is 3.70 Å². The van der Waals surface area contributed by atoms with Crippen molar-refractivity contribution < 1.29 is 18.3 Å². The number of hydrogen-bond donors (Lipinski definition) is 0. The highest BCUT2D eigenvalue weighted by Crippen LogP contribution is 2.36. The molecule has 0 spiro atoms. The van der Waals surface area contributed by atoms with Gasteiger partial charge in [-0.15, -0.1) is 0 Å². The minimum absolute atomic E-state index is 0.0112. The molecule has 78 valence electrons. The fourth-order valence-corrected chi connectivity index (χ4v) is 1.56. The lowest BCUT2D eigenvalue weighted by Crippen LogP contribution is -2.00. The molecule has 0 bridgehead atoms. The highest BCUT2D eigenvalue weighted by Gasteiger charge is 2.20. The van der Waals surface area contributed by atoms with Crippen molar-refractivity contribution in [3.63, 3.8) is 0 Å². The molecule has 14 heavy (non-hydrogen) atoms. The van der Waals surface area contributed by atoms with Gasteiger partial charge in [0.25, 0.3) is 12.3 Å². The minimum Gasteiger partial charge on any atom is -0.491 e. The van der Waals surface area contributed by atoms with Crippen LogP contribution in [0.3, 0.4) is 0 Å². The van der Waals surface area contributed by atoms with Crippen LogP contribution >= 0.6 is 22.6 Å². The van der Waals surface area contributed by atoms with Gasteiger partial charge in [0.05, 0.1) is 19.8 Å². The van der Waals surface area contributed by atoms with E-state index in [1.165, 1.54) is 20.3 Å². The van der Waals surface area contributed by atoms with Gasteiger partial charge in [-0.25, -0.2) is 13.8 Å². The molecule has 0 aliphatic heterocycles. The first-order valence-electron chi connectivity index (χ1n) is 3.66. The molecule has 0 saturated heterocycles. The number of halogens is 3. The maximum Gasteiger partial charge on any atom is 0.267 e. The summed E-state index contributed by atoms with van der Waals surface area (Å²) in [5.41, 5.74) is -0.205. The van der Waals surface area contributed by atoms with Crippen molar-refractivity contribution in [1.29, 1.82) is 0 Å². The Morgan fingerprint density at radius 3 is 2.43 bits per heavy atom. The van der Waals surface area contributed by atoms with Crippen molar-refractivity contribution in [2.75, 3.05) is 14.2 Å². The van der Waals surface area contributed by atoms with Crippen LogP contribution in [0, 0.1) is 3.70 Å². The summed E-state index contributed by atoms with van der Waals surface area (Å²) in [4.78, 5) is 3.91. The Bertz CT molecular complexity index is 333. The maximum absolute atomic E-state index is 12.5. The standard InChI is InChI=1S/C8H8F2INO2/c1-13-6-4(7(9)10)3-5(11)12-8(6)14-2/h3,7H,1-2H3. The Morgan fingerprint density at radius 2 is 2.00 bits per heavy atom. The van der Waals surface area contributed by atoms with Gasteiger partial charge in [-0.2, -0.15) is 0 Å². The molecule has 1 aromatic heterocycles. The molecule has 6 heteroatoms. The van der Waals surface area contributed by atoms with Gasteiger partial charge < -0.3 is 9.47 Å².